The highest BCUT2D eigenvalue weighted by Gasteiger charge is 2.23. The maximum absolute atomic E-state index is 12.6. The highest BCUT2D eigenvalue weighted by atomic mass is 19.1. The number of amides is 2. The van der Waals surface area contributed by atoms with Gasteiger partial charge in [0, 0.05) is 6.04 Å². The number of benzene rings is 1. The number of carbonyl (C=O) groups is 2. The van der Waals surface area contributed by atoms with Crippen LogP contribution in [0.3, 0.4) is 0 Å². The number of ether oxygens (including phenoxy) is 1. The van der Waals surface area contributed by atoms with Gasteiger partial charge in [-0.05, 0) is 37.1 Å². The van der Waals surface area contributed by atoms with E-state index in [1.165, 1.54) is 24.3 Å². The topological polar surface area (TPSA) is 67.4 Å². The third kappa shape index (κ3) is 4.95. The summed E-state index contributed by atoms with van der Waals surface area (Å²) in [5, 5.41) is 5.20. The molecule has 2 amide bonds. The standard InChI is InChI=1S/C13H15FN2O3/c14-9-1-5-11(6-2-9)19-8-13(18)15-7-12(17)16-10-3-4-10/h1-2,5-6,10H,3-4,7-8H2,(H,15,18)(H,16,17). The Morgan fingerprint density at radius 2 is 1.89 bits per heavy atom. The van der Waals surface area contributed by atoms with Crippen molar-refractivity contribution in [2.75, 3.05) is 13.2 Å². The largest absolute Gasteiger partial charge is 0.484 e. The summed E-state index contributed by atoms with van der Waals surface area (Å²) in [7, 11) is 0. The number of halogens is 1. The number of hydrogen-bond donors (Lipinski definition) is 2. The van der Waals surface area contributed by atoms with Gasteiger partial charge in [-0.2, -0.15) is 0 Å². The van der Waals surface area contributed by atoms with E-state index in [4.69, 9.17) is 4.74 Å². The molecule has 19 heavy (non-hydrogen) atoms. The molecule has 102 valence electrons. The first kappa shape index (κ1) is 13.3. The Bertz CT molecular complexity index is 457. The lowest BCUT2D eigenvalue weighted by atomic mass is 10.3. The lowest BCUT2D eigenvalue weighted by Gasteiger charge is -2.07. The molecule has 2 N–H and O–H groups in total. The molecule has 1 aliphatic rings. The molecule has 5 nitrogen and oxygen atoms in total. The van der Waals surface area contributed by atoms with Gasteiger partial charge in [-0.25, -0.2) is 4.39 Å². The van der Waals surface area contributed by atoms with Gasteiger partial charge in [-0.3, -0.25) is 9.59 Å². The summed E-state index contributed by atoms with van der Waals surface area (Å²) < 4.78 is 17.8. The molecule has 0 radical (unpaired) electrons. The molecular weight excluding hydrogens is 251 g/mol. The van der Waals surface area contributed by atoms with Crippen molar-refractivity contribution >= 4 is 11.8 Å². The van der Waals surface area contributed by atoms with Crippen LogP contribution in [0.4, 0.5) is 4.39 Å². The Balaban J connectivity index is 1.63. The van der Waals surface area contributed by atoms with Gasteiger partial charge >= 0.3 is 0 Å². The molecule has 0 bridgehead atoms. The minimum atomic E-state index is -0.393. The van der Waals surface area contributed by atoms with E-state index < -0.39 is 5.91 Å². The summed E-state index contributed by atoms with van der Waals surface area (Å²) in [5.74, 6) is -0.555. The highest BCUT2D eigenvalue weighted by molar-refractivity contribution is 5.85. The average molecular weight is 266 g/mol. The van der Waals surface area contributed by atoms with E-state index in [0.717, 1.165) is 12.8 Å². The molecule has 1 aromatic rings. The summed E-state index contributed by atoms with van der Waals surface area (Å²) >= 11 is 0. The third-order valence-corrected chi connectivity index (χ3v) is 2.57. The fourth-order valence-electron chi connectivity index (χ4n) is 1.42. The van der Waals surface area contributed by atoms with Crippen molar-refractivity contribution in [2.24, 2.45) is 0 Å². The van der Waals surface area contributed by atoms with Gasteiger partial charge in [0.2, 0.25) is 5.91 Å². The van der Waals surface area contributed by atoms with Crippen LogP contribution in [0.1, 0.15) is 12.8 Å². The summed E-state index contributed by atoms with van der Waals surface area (Å²) in [5.41, 5.74) is 0. The average Bonchev–Trinajstić information content (AvgIpc) is 3.19. The number of carbonyl (C=O) groups excluding carboxylic acids is 2. The van der Waals surface area contributed by atoms with E-state index in [1.807, 2.05) is 0 Å². The van der Waals surface area contributed by atoms with Crippen molar-refractivity contribution in [3.05, 3.63) is 30.1 Å². The number of nitrogens with one attached hydrogen (secondary N) is 2. The zero-order valence-electron chi connectivity index (χ0n) is 10.3. The molecular formula is C13H15FN2O3. The van der Waals surface area contributed by atoms with Gasteiger partial charge in [-0.1, -0.05) is 0 Å². The molecule has 6 heteroatoms. The molecule has 0 saturated heterocycles. The normalized spacial score (nSPS) is 13.7. The summed E-state index contributed by atoms with van der Waals surface area (Å²) in [6, 6.07) is 5.64. The third-order valence-electron chi connectivity index (χ3n) is 2.57. The van der Waals surface area contributed by atoms with E-state index in [2.05, 4.69) is 10.6 Å². The van der Waals surface area contributed by atoms with Crippen molar-refractivity contribution in [1.82, 2.24) is 10.6 Å². The van der Waals surface area contributed by atoms with Crippen LogP contribution < -0.4 is 15.4 Å². The molecule has 2 rings (SSSR count). The van der Waals surface area contributed by atoms with Crippen molar-refractivity contribution < 1.29 is 18.7 Å². The van der Waals surface area contributed by atoms with Gasteiger partial charge < -0.3 is 15.4 Å². The highest BCUT2D eigenvalue weighted by Crippen LogP contribution is 2.18. The Morgan fingerprint density at radius 3 is 2.53 bits per heavy atom. The van der Waals surface area contributed by atoms with Crippen molar-refractivity contribution in [3.8, 4) is 5.75 Å². The lowest BCUT2D eigenvalue weighted by molar-refractivity contribution is -0.127. The second-order valence-corrected chi connectivity index (χ2v) is 4.36. The zero-order chi connectivity index (χ0) is 13.7. The fourth-order valence-corrected chi connectivity index (χ4v) is 1.42. The second-order valence-electron chi connectivity index (χ2n) is 4.36. The van der Waals surface area contributed by atoms with Crippen LogP contribution in [0.25, 0.3) is 0 Å². The smallest absolute Gasteiger partial charge is 0.258 e. The molecule has 0 heterocycles. The number of hydrogen-bond acceptors (Lipinski definition) is 3. The van der Waals surface area contributed by atoms with Crippen molar-refractivity contribution in [1.29, 1.82) is 0 Å². The Labute approximate surface area is 110 Å². The van der Waals surface area contributed by atoms with E-state index in [-0.39, 0.29) is 30.9 Å². The molecule has 1 fully saturated rings. The molecule has 0 aromatic heterocycles. The monoisotopic (exact) mass is 266 g/mol. The number of rotatable bonds is 6. The van der Waals surface area contributed by atoms with Crippen LogP contribution in [-0.4, -0.2) is 31.0 Å². The van der Waals surface area contributed by atoms with Crippen LogP contribution in [0.5, 0.6) is 5.75 Å². The van der Waals surface area contributed by atoms with E-state index in [9.17, 15) is 14.0 Å². The molecule has 0 atom stereocenters. The molecule has 1 aliphatic carbocycles. The lowest BCUT2D eigenvalue weighted by Crippen LogP contribution is -2.39. The van der Waals surface area contributed by atoms with Gasteiger partial charge in [0.15, 0.2) is 6.61 Å². The van der Waals surface area contributed by atoms with E-state index in [0.29, 0.717) is 5.75 Å². The fraction of sp³-hybridized carbons (Fsp3) is 0.385. The van der Waals surface area contributed by atoms with Crippen LogP contribution in [0.2, 0.25) is 0 Å². The van der Waals surface area contributed by atoms with Gasteiger partial charge in [0.05, 0.1) is 6.54 Å². The summed E-state index contributed by atoms with van der Waals surface area (Å²) in [6.45, 7) is -0.259. The molecule has 0 aliphatic heterocycles. The maximum Gasteiger partial charge on any atom is 0.258 e. The summed E-state index contributed by atoms with van der Waals surface area (Å²) in [6.07, 6.45) is 2.01. The molecule has 1 saturated carbocycles. The van der Waals surface area contributed by atoms with Crippen LogP contribution in [0, 0.1) is 5.82 Å². The van der Waals surface area contributed by atoms with Crippen molar-refractivity contribution in [3.63, 3.8) is 0 Å². The van der Waals surface area contributed by atoms with Crippen LogP contribution in [-0.2, 0) is 9.59 Å². The molecule has 0 spiro atoms. The minimum absolute atomic E-state index is 0.0535. The van der Waals surface area contributed by atoms with Crippen molar-refractivity contribution in [2.45, 2.75) is 18.9 Å². The van der Waals surface area contributed by atoms with E-state index >= 15 is 0 Å². The minimum Gasteiger partial charge on any atom is -0.484 e. The zero-order valence-corrected chi connectivity index (χ0v) is 10.3. The Hall–Kier alpha value is -2.11. The Kier molecular flexibility index (Phi) is 4.33. The molecule has 1 aromatic carbocycles. The van der Waals surface area contributed by atoms with Crippen LogP contribution >= 0.6 is 0 Å². The van der Waals surface area contributed by atoms with Gasteiger partial charge in [0.25, 0.3) is 5.91 Å². The van der Waals surface area contributed by atoms with Crippen LogP contribution in [0.15, 0.2) is 24.3 Å². The Morgan fingerprint density at radius 1 is 1.21 bits per heavy atom. The molecule has 0 unspecified atom stereocenters. The first-order valence-electron chi connectivity index (χ1n) is 6.08. The first-order chi connectivity index (χ1) is 9.13. The predicted octanol–water partition coefficient (Wildman–Crippen LogP) is 0.599. The van der Waals surface area contributed by atoms with Gasteiger partial charge in [-0.15, -0.1) is 0 Å². The second kappa shape index (κ2) is 6.17. The first-order valence-corrected chi connectivity index (χ1v) is 6.08. The predicted molar refractivity (Wildman–Crippen MR) is 66.1 cm³/mol. The van der Waals surface area contributed by atoms with Gasteiger partial charge in [0.1, 0.15) is 11.6 Å². The maximum atomic E-state index is 12.6. The summed E-state index contributed by atoms with van der Waals surface area (Å²) in [4.78, 5) is 22.7. The SMILES string of the molecule is O=C(COc1ccc(F)cc1)NCC(=O)NC1CC1. The quantitative estimate of drug-likeness (QED) is 0.792. The van der Waals surface area contributed by atoms with E-state index in [1.54, 1.807) is 0 Å².